The molecule has 1 aliphatic rings. The average Bonchev–Trinajstić information content (AvgIpc) is 3.17. The van der Waals surface area contributed by atoms with Crippen molar-refractivity contribution < 1.29 is 9.53 Å². The number of ether oxygens (including phenoxy) is 1. The summed E-state index contributed by atoms with van der Waals surface area (Å²) in [6.07, 6.45) is 0.920. The van der Waals surface area contributed by atoms with Gasteiger partial charge >= 0.3 is 0 Å². The lowest BCUT2D eigenvalue weighted by Gasteiger charge is -2.36. The molecule has 1 aliphatic heterocycles. The zero-order valence-electron chi connectivity index (χ0n) is 14.7. The molecule has 3 nitrogen and oxygen atoms in total. The summed E-state index contributed by atoms with van der Waals surface area (Å²) >= 11 is 1.79. The minimum absolute atomic E-state index is 0.0163. The molecule has 132 valence electrons. The predicted octanol–water partition coefficient (Wildman–Crippen LogP) is 4.68. The first-order valence-electron chi connectivity index (χ1n) is 8.78. The summed E-state index contributed by atoms with van der Waals surface area (Å²) in [5, 5.41) is 2.13. The lowest BCUT2D eigenvalue weighted by Crippen LogP contribution is -2.40. The number of nitrogens with zero attached hydrogens (tertiary/aromatic N) is 1. The highest BCUT2D eigenvalue weighted by Crippen LogP contribution is 2.38. The third kappa shape index (κ3) is 3.18. The molecule has 2 heterocycles. The first kappa shape index (κ1) is 17.0. The van der Waals surface area contributed by atoms with E-state index in [4.69, 9.17) is 4.74 Å². The molecule has 0 saturated heterocycles. The van der Waals surface area contributed by atoms with Gasteiger partial charge in [-0.25, -0.2) is 0 Å². The van der Waals surface area contributed by atoms with Crippen LogP contribution in [-0.4, -0.2) is 24.5 Å². The number of benzene rings is 2. The quantitative estimate of drug-likeness (QED) is 0.673. The Balaban J connectivity index is 1.69. The van der Waals surface area contributed by atoms with E-state index in [9.17, 15) is 4.79 Å². The van der Waals surface area contributed by atoms with Crippen LogP contribution in [0.25, 0.3) is 0 Å². The van der Waals surface area contributed by atoms with Gasteiger partial charge < -0.3 is 9.64 Å². The monoisotopic (exact) mass is 363 g/mol. The SMILES string of the molecule is COCc1ccc(C(=O)N2CCc3sccc3C2c2ccccc2)cc1. The number of carbonyl (C=O) groups is 1. The highest BCUT2D eigenvalue weighted by atomic mass is 32.1. The summed E-state index contributed by atoms with van der Waals surface area (Å²) in [6.45, 7) is 1.30. The van der Waals surface area contributed by atoms with Crippen molar-refractivity contribution >= 4 is 17.2 Å². The minimum Gasteiger partial charge on any atom is -0.380 e. The molecular formula is C22H21NO2S. The maximum Gasteiger partial charge on any atom is 0.254 e. The Kier molecular flexibility index (Phi) is 4.87. The van der Waals surface area contributed by atoms with Crippen molar-refractivity contribution in [1.82, 2.24) is 4.90 Å². The van der Waals surface area contributed by atoms with E-state index in [1.807, 2.05) is 47.4 Å². The van der Waals surface area contributed by atoms with Gasteiger partial charge in [0.05, 0.1) is 12.6 Å². The van der Waals surface area contributed by atoms with Crippen LogP contribution < -0.4 is 0 Å². The Bertz CT molecular complexity index is 886. The van der Waals surface area contributed by atoms with Crippen LogP contribution in [0.5, 0.6) is 0 Å². The topological polar surface area (TPSA) is 29.5 Å². The average molecular weight is 363 g/mol. The molecule has 3 aromatic rings. The van der Waals surface area contributed by atoms with Crippen molar-refractivity contribution in [2.24, 2.45) is 0 Å². The predicted molar refractivity (Wildman–Crippen MR) is 104 cm³/mol. The number of hydrogen-bond donors (Lipinski definition) is 0. The van der Waals surface area contributed by atoms with Crippen molar-refractivity contribution in [2.75, 3.05) is 13.7 Å². The van der Waals surface area contributed by atoms with Crippen molar-refractivity contribution in [1.29, 1.82) is 0 Å². The Labute approximate surface area is 157 Å². The Morgan fingerprint density at radius 1 is 1.12 bits per heavy atom. The van der Waals surface area contributed by atoms with Gasteiger partial charge in [0.15, 0.2) is 0 Å². The van der Waals surface area contributed by atoms with Gasteiger partial charge in [-0.3, -0.25) is 4.79 Å². The van der Waals surface area contributed by atoms with Crippen LogP contribution in [0.2, 0.25) is 0 Å². The summed E-state index contributed by atoms with van der Waals surface area (Å²) in [6, 6.07) is 20.2. The normalized spacial score (nSPS) is 16.3. The van der Waals surface area contributed by atoms with Gasteiger partial charge in [-0.1, -0.05) is 42.5 Å². The van der Waals surface area contributed by atoms with Crippen molar-refractivity contribution in [3.05, 3.63) is 93.2 Å². The van der Waals surface area contributed by atoms with Gasteiger partial charge in [-0.05, 0) is 46.7 Å². The second kappa shape index (κ2) is 7.44. The summed E-state index contributed by atoms with van der Waals surface area (Å²) < 4.78 is 5.16. The van der Waals surface area contributed by atoms with Gasteiger partial charge in [-0.2, -0.15) is 0 Å². The second-order valence-corrected chi connectivity index (χ2v) is 7.49. The van der Waals surface area contributed by atoms with E-state index < -0.39 is 0 Å². The smallest absolute Gasteiger partial charge is 0.254 e. The zero-order chi connectivity index (χ0) is 17.9. The van der Waals surface area contributed by atoms with Crippen molar-refractivity contribution in [3.8, 4) is 0 Å². The maximum absolute atomic E-state index is 13.3. The van der Waals surface area contributed by atoms with Crippen molar-refractivity contribution in [2.45, 2.75) is 19.1 Å². The molecule has 1 unspecified atom stereocenters. The number of amides is 1. The summed E-state index contributed by atoms with van der Waals surface area (Å²) in [4.78, 5) is 16.7. The third-order valence-electron chi connectivity index (χ3n) is 4.85. The fraction of sp³-hybridized carbons (Fsp3) is 0.227. The standard InChI is InChI=1S/C22H21NO2S/c1-25-15-16-7-9-18(10-8-16)22(24)23-13-11-20-19(12-14-26-20)21(23)17-5-3-2-4-6-17/h2-10,12,14,21H,11,13,15H2,1H3. The first-order chi connectivity index (χ1) is 12.8. The molecule has 0 bridgehead atoms. The molecule has 0 saturated carbocycles. The van der Waals surface area contributed by atoms with Crippen LogP contribution in [0.1, 0.15) is 38.0 Å². The number of methoxy groups -OCH3 is 1. The molecule has 26 heavy (non-hydrogen) atoms. The van der Waals surface area contributed by atoms with Gasteiger partial charge in [0.2, 0.25) is 0 Å². The van der Waals surface area contributed by atoms with Crippen LogP contribution in [0, 0.1) is 0 Å². The molecule has 1 atom stereocenters. The Morgan fingerprint density at radius 2 is 1.88 bits per heavy atom. The molecule has 1 amide bonds. The zero-order valence-corrected chi connectivity index (χ0v) is 15.5. The molecule has 0 radical (unpaired) electrons. The summed E-state index contributed by atoms with van der Waals surface area (Å²) in [7, 11) is 1.68. The van der Waals surface area contributed by atoms with Gasteiger partial charge in [-0.15, -0.1) is 11.3 Å². The highest BCUT2D eigenvalue weighted by molar-refractivity contribution is 7.10. The highest BCUT2D eigenvalue weighted by Gasteiger charge is 2.33. The molecule has 4 rings (SSSR count). The van der Waals surface area contributed by atoms with Crippen LogP contribution in [0.4, 0.5) is 0 Å². The van der Waals surface area contributed by atoms with E-state index in [-0.39, 0.29) is 11.9 Å². The summed E-state index contributed by atoms with van der Waals surface area (Å²) in [5.41, 5.74) is 4.22. The molecule has 4 heteroatoms. The summed E-state index contributed by atoms with van der Waals surface area (Å²) in [5.74, 6) is 0.0830. The molecule has 2 aromatic carbocycles. The van der Waals surface area contributed by atoms with E-state index >= 15 is 0 Å². The molecule has 0 aliphatic carbocycles. The third-order valence-corrected chi connectivity index (χ3v) is 5.85. The number of hydrogen-bond acceptors (Lipinski definition) is 3. The van der Waals surface area contributed by atoms with Crippen LogP contribution in [-0.2, 0) is 17.8 Å². The fourth-order valence-corrected chi connectivity index (χ4v) is 4.51. The minimum atomic E-state index is -0.0163. The largest absolute Gasteiger partial charge is 0.380 e. The van der Waals surface area contributed by atoms with Gasteiger partial charge in [0.25, 0.3) is 5.91 Å². The molecule has 1 aromatic heterocycles. The maximum atomic E-state index is 13.3. The number of rotatable bonds is 4. The van der Waals surface area contributed by atoms with E-state index in [2.05, 4.69) is 23.6 Å². The molecule has 0 spiro atoms. The van der Waals surface area contributed by atoms with Gasteiger partial charge in [0, 0.05) is 24.1 Å². The van der Waals surface area contributed by atoms with Crippen molar-refractivity contribution in [3.63, 3.8) is 0 Å². The van der Waals surface area contributed by atoms with Gasteiger partial charge in [0.1, 0.15) is 0 Å². The number of fused-ring (bicyclic) bond motifs is 1. The molecule has 0 fully saturated rings. The van der Waals surface area contributed by atoms with Crippen LogP contribution >= 0.6 is 11.3 Å². The second-order valence-electron chi connectivity index (χ2n) is 6.49. The Hall–Kier alpha value is -2.43. The Morgan fingerprint density at radius 3 is 2.62 bits per heavy atom. The lowest BCUT2D eigenvalue weighted by molar-refractivity contribution is 0.0696. The first-order valence-corrected chi connectivity index (χ1v) is 9.66. The molecule has 0 N–H and O–H groups in total. The van der Waals surface area contributed by atoms with E-state index in [1.165, 1.54) is 10.4 Å². The van der Waals surface area contributed by atoms with Crippen LogP contribution in [0.3, 0.4) is 0 Å². The van der Waals surface area contributed by atoms with E-state index in [0.717, 1.165) is 29.7 Å². The van der Waals surface area contributed by atoms with Crippen LogP contribution in [0.15, 0.2) is 66.0 Å². The number of carbonyl (C=O) groups excluding carboxylic acids is 1. The number of thiophene rings is 1. The fourth-order valence-electron chi connectivity index (χ4n) is 3.61. The van der Waals surface area contributed by atoms with E-state index in [1.54, 1.807) is 18.4 Å². The van der Waals surface area contributed by atoms with E-state index in [0.29, 0.717) is 6.61 Å². The molecular weight excluding hydrogens is 342 g/mol. The lowest BCUT2D eigenvalue weighted by atomic mass is 9.92.